The number of carbonyl (C=O) groups excluding carboxylic acids is 1. The van der Waals surface area contributed by atoms with Crippen LogP contribution in [0.15, 0.2) is 5.38 Å². The standard InChI is InChI=1S/C11H17N3OS/c1-2-14(8-3-4-8)11(15)9-7-16-10(13-9)5-6-12/h7-8H,2-6,12H2,1H3. The first-order valence-electron chi connectivity index (χ1n) is 5.71. The van der Waals surface area contributed by atoms with Gasteiger partial charge in [0, 0.05) is 24.4 Å². The van der Waals surface area contributed by atoms with Crippen molar-refractivity contribution in [3.63, 3.8) is 0 Å². The molecule has 1 heterocycles. The number of hydrogen-bond acceptors (Lipinski definition) is 4. The number of nitrogens with two attached hydrogens (primary N) is 1. The highest BCUT2D eigenvalue weighted by atomic mass is 32.1. The lowest BCUT2D eigenvalue weighted by atomic mass is 10.3. The van der Waals surface area contributed by atoms with Crippen molar-refractivity contribution in [3.8, 4) is 0 Å². The summed E-state index contributed by atoms with van der Waals surface area (Å²) in [6, 6.07) is 0.456. The minimum absolute atomic E-state index is 0.0736. The zero-order valence-corrected chi connectivity index (χ0v) is 10.3. The van der Waals surface area contributed by atoms with E-state index >= 15 is 0 Å². The van der Waals surface area contributed by atoms with Crippen molar-refractivity contribution in [2.45, 2.75) is 32.2 Å². The van der Waals surface area contributed by atoms with Gasteiger partial charge in [-0.3, -0.25) is 4.79 Å². The predicted molar refractivity (Wildman–Crippen MR) is 64.6 cm³/mol. The van der Waals surface area contributed by atoms with E-state index in [9.17, 15) is 4.79 Å². The molecule has 16 heavy (non-hydrogen) atoms. The molecule has 0 bridgehead atoms. The van der Waals surface area contributed by atoms with Crippen LogP contribution in [0, 0.1) is 0 Å². The summed E-state index contributed by atoms with van der Waals surface area (Å²) in [5.41, 5.74) is 6.05. The maximum atomic E-state index is 12.1. The second-order valence-corrected chi connectivity index (χ2v) is 4.93. The van der Waals surface area contributed by atoms with Gasteiger partial charge in [-0.25, -0.2) is 4.98 Å². The molecule has 1 aliphatic rings. The van der Waals surface area contributed by atoms with Crippen molar-refractivity contribution < 1.29 is 4.79 Å². The van der Waals surface area contributed by atoms with Gasteiger partial charge in [0.05, 0.1) is 5.01 Å². The van der Waals surface area contributed by atoms with Crippen molar-refractivity contribution in [1.29, 1.82) is 0 Å². The maximum Gasteiger partial charge on any atom is 0.273 e. The minimum Gasteiger partial charge on any atom is -0.335 e. The maximum absolute atomic E-state index is 12.1. The zero-order valence-electron chi connectivity index (χ0n) is 9.48. The zero-order chi connectivity index (χ0) is 11.5. The van der Waals surface area contributed by atoms with Gasteiger partial charge < -0.3 is 10.6 Å². The molecule has 1 aromatic rings. The molecule has 2 N–H and O–H groups in total. The molecule has 5 heteroatoms. The predicted octanol–water partition coefficient (Wildman–Crippen LogP) is 1.27. The molecule has 1 saturated carbocycles. The monoisotopic (exact) mass is 239 g/mol. The summed E-state index contributed by atoms with van der Waals surface area (Å²) in [5.74, 6) is 0.0736. The quantitative estimate of drug-likeness (QED) is 0.841. The molecule has 1 amide bonds. The fourth-order valence-corrected chi connectivity index (χ4v) is 2.54. The SMILES string of the molecule is CCN(C(=O)c1csc(CCN)n1)C1CC1. The molecule has 0 aromatic carbocycles. The molecular formula is C11H17N3OS. The highest BCUT2D eigenvalue weighted by Crippen LogP contribution is 2.28. The molecule has 0 saturated heterocycles. The molecule has 0 radical (unpaired) electrons. The number of hydrogen-bond donors (Lipinski definition) is 1. The van der Waals surface area contributed by atoms with Crippen LogP contribution in [-0.2, 0) is 6.42 Å². The summed E-state index contributed by atoms with van der Waals surface area (Å²) < 4.78 is 0. The summed E-state index contributed by atoms with van der Waals surface area (Å²) >= 11 is 1.52. The summed E-state index contributed by atoms with van der Waals surface area (Å²) in [6.07, 6.45) is 3.03. The van der Waals surface area contributed by atoms with E-state index in [0.717, 1.165) is 30.8 Å². The number of rotatable bonds is 5. The molecule has 0 aliphatic heterocycles. The van der Waals surface area contributed by atoms with Gasteiger partial charge in [-0.2, -0.15) is 0 Å². The Morgan fingerprint density at radius 3 is 3.00 bits per heavy atom. The van der Waals surface area contributed by atoms with Crippen LogP contribution in [0.3, 0.4) is 0 Å². The third-order valence-corrected chi connectivity index (χ3v) is 3.63. The lowest BCUT2D eigenvalue weighted by Gasteiger charge is -2.18. The van der Waals surface area contributed by atoms with Gasteiger partial charge >= 0.3 is 0 Å². The lowest BCUT2D eigenvalue weighted by Crippen LogP contribution is -2.33. The van der Waals surface area contributed by atoms with Gasteiger partial charge in [0.1, 0.15) is 5.69 Å². The smallest absolute Gasteiger partial charge is 0.273 e. The number of carbonyl (C=O) groups is 1. The van der Waals surface area contributed by atoms with E-state index < -0.39 is 0 Å². The molecule has 0 atom stereocenters. The number of thiazole rings is 1. The Morgan fingerprint density at radius 2 is 2.44 bits per heavy atom. The van der Waals surface area contributed by atoms with Gasteiger partial charge in [0.25, 0.3) is 5.91 Å². The second-order valence-electron chi connectivity index (χ2n) is 3.99. The van der Waals surface area contributed by atoms with Crippen molar-refractivity contribution in [2.75, 3.05) is 13.1 Å². The van der Waals surface area contributed by atoms with E-state index in [1.165, 1.54) is 11.3 Å². The van der Waals surface area contributed by atoms with Crippen molar-refractivity contribution in [2.24, 2.45) is 5.73 Å². The van der Waals surface area contributed by atoms with Gasteiger partial charge in [-0.1, -0.05) is 0 Å². The van der Waals surface area contributed by atoms with Gasteiger partial charge in [-0.15, -0.1) is 11.3 Å². The molecule has 1 fully saturated rings. The third kappa shape index (κ3) is 2.41. The molecule has 1 aliphatic carbocycles. The van der Waals surface area contributed by atoms with E-state index in [2.05, 4.69) is 4.98 Å². The average molecular weight is 239 g/mol. The normalized spacial score (nSPS) is 15.1. The first-order valence-corrected chi connectivity index (χ1v) is 6.59. The summed E-state index contributed by atoms with van der Waals surface area (Å²) in [7, 11) is 0. The van der Waals surface area contributed by atoms with E-state index in [0.29, 0.717) is 18.3 Å². The van der Waals surface area contributed by atoms with Crippen LogP contribution in [0.4, 0.5) is 0 Å². The number of aromatic nitrogens is 1. The van der Waals surface area contributed by atoms with Crippen molar-refractivity contribution in [3.05, 3.63) is 16.1 Å². The van der Waals surface area contributed by atoms with Crippen LogP contribution in [-0.4, -0.2) is 34.9 Å². The van der Waals surface area contributed by atoms with Crippen LogP contribution >= 0.6 is 11.3 Å². The number of amides is 1. The molecule has 4 nitrogen and oxygen atoms in total. The first-order chi connectivity index (χ1) is 7.76. The van der Waals surface area contributed by atoms with Crippen LogP contribution in [0.1, 0.15) is 35.3 Å². The topological polar surface area (TPSA) is 59.2 Å². The van der Waals surface area contributed by atoms with Gasteiger partial charge in [-0.05, 0) is 26.3 Å². The minimum atomic E-state index is 0.0736. The van der Waals surface area contributed by atoms with Crippen molar-refractivity contribution in [1.82, 2.24) is 9.88 Å². The summed E-state index contributed by atoms with van der Waals surface area (Å²) in [6.45, 7) is 3.37. The Hall–Kier alpha value is -0.940. The summed E-state index contributed by atoms with van der Waals surface area (Å²) in [4.78, 5) is 18.4. The second kappa shape index (κ2) is 4.93. The highest BCUT2D eigenvalue weighted by molar-refractivity contribution is 7.09. The van der Waals surface area contributed by atoms with Gasteiger partial charge in [0.15, 0.2) is 0 Å². The molecular weight excluding hydrogens is 222 g/mol. The average Bonchev–Trinajstić information content (AvgIpc) is 2.99. The molecule has 2 rings (SSSR count). The Morgan fingerprint density at radius 1 is 1.69 bits per heavy atom. The van der Waals surface area contributed by atoms with E-state index in [4.69, 9.17) is 5.73 Å². The molecule has 0 spiro atoms. The van der Waals surface area contributed by atoms with Gasteiger partial charge in [0.2, 0.25) is 0 Å². The van der Waals surface area contributed by atoms with E-state index in [1.54, 1.807) is 0 Å². The van der Waals surface area contributed by atoms with Crippen LogP contribution in [0.5, 0.6) is 0 Å². The Labute approximate surface area is 99.5 Å². The molecule has 88 valence electrons. The fraction of sp³-hybridized carbons (Fsp3) is 0.636. The lowest BCUT2D eigenvalue weighted by molar-refractivity contribution is 0.0747. The van der Waals surface area contributed by atoms with Crippen LogP contribution in [0.2, 0.25) is 0 Å². The fourth-order valence-electron chi connectivity index (χ4n) is 1.75. The molecule has 1 aromatic heterocycles. The third-order valence-electron chi connectivity index (χ3n) is 2.72. The summed E-state index contributed by atoms with van der Waals surface area (Å²) in [5, 5.41) is 2.80. The highest BCUT2D eigenvalue weighted by Gasteiger charge is 2.32. The first kappa shape index (κ1) is 11.5. The number of nitrogens with zero attached hydrogens (tertiary/aromatic N) is 2. The Balaban J connectivity index is 2.06. The van der Waals surface area contributed by atoms with Crippen molar-refractivity contribution >= 4 is 17.2 Å². The van der Waals surface area contributed by atoms with Crippen LogP contribution < -0.4 is 5.73 Å². The largest absolute Gasteiger partial charge is 0.335 e. The van der Waals surface area contributed by atoms with E-state index in [1.807, 2.05) is 17.2 Å². The Bertz CT molecular complexity index is 373. The van der Waals surface area contributed by atoms with Crippen LogP contribution in [0.25, 0.3) is 0 Å². The Kier molecular flexibility index (Phi) is 3.56. The molecule has 0 unspecified atom stereocenters. The van der Waals surface area contributed by atoms with E-state index in [-0.39, 0.29) is 5.91 Å².